The Morgan fingerprint density at radius 3 is 1.46 bits per heavy atom. The first kappa shape index (κ1) is 24.9. The highest BCUT2D eigenvalue weighted by molar-refractivity contribution is 5.77. The highest BCUT2D eigenvalue weighted by Gasteiger charge is 2.08. The molecule has 0 aromatic heterocycles. The van der Waals surface area contributed by atoms with E-state index in [9.17, 15) is 9.59 Å². The van der Waals surface area contributed by atoms with Gasteiger partial charge in [0.2, 0.25) is 0 Å². The van der Waals surface area contributed by atoms with Crippen molar-refractivity contribution >= 4 is 11.9 Å². The van der Waals surface area contributed by atoms with Crippen molar-refractivity contribution in [2.45, 2.75) is 96.8 Å². The lowest BCUT2D eigenvalue weighted by atomic mass is 10.1. The van der Waals surface area contributed by atoms with Crippen molar-refractivity contribution < 1.29 is 23.8 Å². The SMILES string of the molecule is CCCCCCCCCCCCCCOC(=O)CCC(=O)OCCOC. The van der Waals surface area contributed by atoms with Gasteiger partial charge in [-0.3, -0.25) is 9.59 Å². The van der Waals surface area contributed by atoms with E-state index in [4.69, 9.17) is 14.2 Å². The van der Waals surface area contributed by atoms with Crippen LogP contribution in [0.4, 0.5) is 0 Å². The monoisotopic (exact) mass is 372 g/mol. The fraction of sp³-hybridized carbons (Fsp3) is 0.905. The normalized spacial score (nSPS) is 10.7. The maximum absolute atomic E-state index is 11.5. The summed E-state index contributed by atoms with van der Waals surface area (Å²) < 4.78 is 14.8. The summed E-state index contributed by atoms with van der Waals surface area (Å²) >= 11 is 0. The predicted octanol–water partition coefficient (Wildman–Crippen LogP) is 5.20. The molecule has 5 heteroatoms. The number of rotatable bonds is 19. The van der Waals surface area contributed by atoms with E-state index in [0.29, 0.717) is 13.2 Å². The number of unbranched alkanes of at least 4 members (excludes halogenated alkanes) is 11. The van der Waals surface area contributed by atoms with Crippen LogP contribution >= 0.6 is 0 Å². The van der Waals surface area contributed by atoms with Crippen LogP contribution in [0.3, 0.4) is 0 Å². The van der Waals surface area contributed by atoms with Crippen molar-refractivity contribution in [2.75, 3.05) is 26.9 Å². The van der Waals surface area contributed by atoms with E-state index in [1.807, 2.05) is 0 Å². The van der Waals surface area contributed by atoms with Crippen LogP contribution in [0.2, 0.25) is 0 Å². The summed E-state index contributed by atoms with van der Waals surface area (Å²) in [7, 11) is 1.54. The lowest BCUT2D eigenvalue weighted by Crippen LogP contribution is -2.13. The Morgan fingerprint density at radius 1 is 0.577 bits per heavy atom. The molecule has 0 saturated heterocycles. The molecule has 0 unspecified atom stereocenters. The number of carbonyl (C=O) groups excluding carboxylic acids is 2. The number of carbonyl (C=O) groups is 2. The molecule has 0 aliphatic rings. The number of esters is 2. The average molecular weight is 373 g/mol. The first-order valence-electron chi connectivity index (χ1n) is 10.5. The van der Waals surface area contributed by atoms with Crippen molar-refractivity contribution in [3.63, 3.8) is 0 Å². The van der Waals surface area contributed by atoms with Crippen molar-refractivity contribution in [3.05, 3.63) is 0 Å². The fourth-order valence-electron chi connectivity index (χ4n) is 2.72. The molecular formula is C21H40O5. The smallest absolute Gasteiger partial charge is 0.306 e. The molecule has 154 valence electrons. The van der Waals surface area contributed by atoms with Crippen LogP contribution in [0, 0.1) is 0 Å². The van der Waals surface area contributed by atoms with Gasteiger partial charge in [0.05, 0.1) is 26.1 Å². The standard InChI is InChI=1S/C21H40O5/c1-3-4-5-6-7-8-9-10-11-12-13-14-17-25-20(22)15-16-21(23)26-19-18-24-2/h3-19H2,1-2H3. The molecular weight excluding hydrogens is 332 g/mol. The topological polar surface area (TPSA) is 61.8 Å². The first-order chi connectivity index (χ1) is 12.7. The molecule has 0 amide bonds. The van der Waals surface area contributed by atoms with Gasteiger partial charge >= 0.3 is 11.9 Å². The van der Waals surface area contributed by atoms with Gasteiger partial charge in [-0.2, -0.15) is 0 Å². The van der Waals surface area contributed by atoms with E-state index in [2.05, 4.69) is 6.92 Å². The van der Waals surface area contributed by atoms with E-state index in [1.165, 1.54) is 64.2 Å². The Bertz CT molecular complexity index is 330. The van der Waals surface area contributed by atoms with Gasteiger partial charge in [-0.25, -0.2) is 0 Å². The first-order valence-corrected chi connectivity index (χ1v) is 10.5. The van der Waals surface area contributed by atoms with E-state index >= 15 is 0 Å². The van der Waals surface area contributed by atoms with Gasteiger partial charge in [-0.15, -0.1) is 0 Å². The number of methoxy groups -OCH3 is 1. The van der Waals surface area contributed by atoms with Gasteiger partial charge in [0, 0.05) is 7.11 Å². The summed E-state index contributed by atoms with van der Waals surface area (Å²) in [5.74, 6) is -0.707. The molecule has 0 heterocycles. The predicted molar refractivity (Wildman–Crippen MR) is 104 cm³/mol. The molecule has 0 saturated carbocycles. The van der Waals surface area contributed by atoms with Gasteiger partial charge in [0.25, 0.3) is 0 Å². The quantitative estimate of drug-likeness (QED) is 0.230. The van der Waals surface area contributed by atoms with Crippen molar-refractivity contribution in [1.29, 1.82) is 0 Å². The Hall–Kier alpha value is -1.10. The van der Waals surface area contributed by atoms with Crippen LogP contribution in [-0.4, -0.2) is 38.9 Å². The molecule has 26 heavy (non-hydrogen) atoms. The van der Waals surface area contributed by atoms with E-state index in [1.54, 1.807) is 7.11 Å². The lowest BCUT2D eigenvalue weighted by Gasteiger charge is -2.06. The number of hydrogen-bond acceptors (Lipinski definition) is 5. The largest absolute Gasteiger partial charge is 0.466 e. The molecule has 5 nitrogen and oxygen atoms in total. The minimum atomic E-state index is -0.385. The molecule has 0 aliphatic heterocycles. The zero-order chi connectivity index (χ0) is 19.3. The molecule has 0 radical (unpaired) electrons. The number of hydrogen-bond donors (Lipinski definition) is 0. The van der Waals surface area contributed by atoms with Crippen LogP contribution in [0.25, 0.3) is 0 Å². The zero-order valence-corrected chi connectivity index (χ0v) is 17.1. The van der Waals surface area contributed by atoms with Crippen molar-refractivity contribution in [1.82, 2.24) is 0 Å². The second-order valence-electron chi connectivity index (χ2n) is 6.82. The van der Waals surface area contributed by atoms with Crippen LogP contribution < -0.4 is 0 Å². The molecule has 0 aromatic carbocycles. The molecule has 0 bridgehead atoms. The second-order valence-corrected chi connectivity index (χ2v) is 6.82. The fourth-order valence-corrected chi connectivity index (χ4v) is 2.72. The third-order valence-corrected chi connectivity index (χ3v) is 4.34. The molecule has 0 atom stereocenters. The number of ether oxygens (including phenoxy) is 3. The lowest BCUT2D eigenvalue weighted by molar-refractivity contribution is -0.151. The Labute approximate surface area is 160 Å². The van der Waals surface area contributed by atoms with E-state index < -0.39 is 0 Å². The van der Waals surface area contributed by atoms with Gasteiger partial charge < -0.3 is 14.2 Å². The Kier molecular flexibility index (Phi) is 19.4. The highest BCUT2D eigenvalue weighted by Crippen LogP contribution is 2.12. The van der Waals surface area contributed by atoms with Gasteiger partial charge in [0.1, 0.15) is 6.61 Å². The van der Waals surface area contributed by atoms with Crippen LogP contribution in [0.1, 0.15) is 96.8 Å². The van der Waals surface area contributed by atoms with Crippen molar-refractivity contribution in [2.24, 2.45) is 0 Å². The third-order valence-electron chi connectivity index (χ3n) is 4.34. The maximum Gasteiger partial charge on any atom is 0.306 e. The molecule has 0 rings (SSSR count). The summed E-state index contributed by atoms with van der Waals surface area (Å²) in [5.41, 5.74) is 0. The maximum atomic E-state index is 11.5. The zero-order valence-electron chi connectivity index (χ0n) is 17.1. The summed E-state index contributed by atoms with van der Waals surface area (Å²) in [6.45, 7) is 3.30. The van der Waals surface area contributed by atoms with Crippen LogP contribution in [-0.2, 0) is 23.8 Å². The van der Waals surface area contributed by atoms with Crippen LogP contribution in [0.15, 0.2) is 0 Å². The van der Waals surface area contributed by atoms with Gasteiger partial charge in [-0.05, 0) is 6.42 Å². The Balaban J connectivity index is 3.24. The molecule has 0 aliphatic carbocycles. The third kappa shape index (κ3) is 19.2. The summed E-state index contributed by atoms with van der Waals surface area (Å²) in [4.78, 5) is 22.8. The molecule has 0 fully saturated rings. The van der Waals surface area contributed by atoms with Crippen LogP contribution in [0.5, 0.6) is 0 Å². The Morgan fingerprint density at radius 2 is 1.00 bits per heavy atom. The summed E-state index contributed by atoms with van der Waals surface area (Å²) in [5, 5.41) is 0. The minimum absolute atomic E-state index is 0.0704. The van der Waals surface area contributed by atoms with E-state index in [-0.39, 0.29) is 31.4 Å². The molecule has 0 spiro atoms. The summed E-state index contributed by atoms with van der Waals surface area (Å²) in [6.07, 6.45) is 15.5. The molecule has 0 N–H and O–H groups in total. The highest BCUT2D eigenvalue weighted by atomic mass is 16.6. The minimum Gasteiger partial charge on any atom is -0.466 e. The van der Waals surface area contributed by atoms with Crippen molar-refractivity contribution in [3.8, 4) is 0 Å². The summed E-state index contributed by atoms with van der Waals surface area (Å²) in [6, 6.07) is 0. The molecule has 0 aromatic rings. The van der Waals surface area contributed by atoms with E-state index in [0.717, 1.165) is 12.8 Å². The second kappa shape index (κ2) is 20.2. The van der Waals surface area contributed by atoms with Gasteiger partial charge in [-0.1, -0.05) is 77.6 Å². The van der Waals surface area contributed by atoms with Gasteiger partial charge in [0.15, 0.2) is 0 Å². The average Bonchev–Trinajstić information content (AvgIpc) is 2.64.